The van der Waals surface area contributed by atoms with Crippen LogP contribution in [0.15, 0.2) is 24.5 Å². The van der Waals surface area contributed by atoms with Gasteiger partial charge in [0.15, 0.2) is 0 Å². The van der Waals surface area contributed by atoms with Crippen molar-refractivity contribution in [1.29, 1.82) is 0 Å². The molecule has 0 radical (unpaired) electrons. The second-order valence-corrected chi connectivity index (χ2v) is 5.72. The van der Waals surface area contributed by atoms with Gasteiger partial charge in [-0.3, -0.25) is 9.88 Å². The molecule has 0 amide bonds. The van der Waals surface area contributed by atoms with E-state index in [-0.39, 0.29) is 5.54 Å². The molecule has 0 bridgehead atoms. The first-order chi connectivity index (χ1) is 9.12. The topological polar surface area (TPSA) is 42.1 Å². The molecule has 1 atom stereocenters. The maximum absolute atomic E-state index is 6.02. The van der Waals surface area contributed by atoms with Crippen LogP contribution >= 0.6 is 0 Å². The lowest BCUT2D eigenvalue weighted by Gasteiger charge is -2.38. The average Bonchev–Trinajstić information content (AvgIpc) is 2.44. The van der Waals surface area contributed by atoms with Crippen molar-refractivity contribution in [2.75, 3.05) is 13.6 Å². The first-order valence-corrected chi connectivity index (χ1v) is 7.42. The first-order valence-electron chi connectivity index (χ1n) is 7.42. The van der Waals surface area contributed by atoms with E-state index in [9.17, 15) is 0 Å². The summed E-state index contributed by atoms with van der Waals surface area (Å²) in [5.74, 6) is 0. The largest absolute Gasteiger partial charge is 0.329 e. The third kappa shape index (κ3) is 5.29. The SMILES string of the molecule is CCCCCCC(C)(CN)N(C)Cc1ccncc1. The molecule has 0 aliphatic rings. The highest BCUT2D eigenvalue weighted by atomic mass is 15.2. The number of pyridine rings is 1. The van der Waals surface area contributed by atoms with Crippen molar-refractivity contribution in [3.05, 3.63) is 30.1 Å². The van der Waals surface area contributed by atoms with E-state index >= 15 is 0 Å². The van der Waals surface area contributed by atoms with E-state index in [1.165, 1.54) is 37.7 Å². The molecular formula is C16H29N3. The van der Waals surface area contributed by atoms with E-state index in [0.717, 1.165) is 6.54 Å². The van der Waals surface area contributed by atoms with Gasteiger partial charge in [0.25, 0.3) is 0 Å². The van der Waals surface area contributed by atoms with Gasteiger partial charge in [0.1, 0.15) is 0 Å². The number of rotatable bonds is 9. The zero-order chi connectivity index (χ0) is 14.1. The van der Waals surface area contributed by atoms with Gasteiger partial charge in [0.05, 0.1) is 0 Å². The highest BCUT2D eigenvalue weighted by molar-refractivity contribution is 5.10. The lowest BCUT2D eigenvalue weighted by molar-refractivity contribution is 0.122. The molecule has 0 aromatic carbocycles. The number of hydrogen-bond donors (Lipinski definition) is 1. The summed E-state index contributed by atoms with van der Waals surface area (Å²) in [5.41, 5.74) is 7.41. The molecule has 0 saturated carbocycles. The molecule has 1 rings (SSSR count). The van der Waals surface area contributed by atoms with Gasteiger partial charge >= 0.3 is 0 Å². The average molecular weight is 263 g/mol. The lowest BCUT2D eigenvalue weighted by atomic mass is 9.92. The summed E-state index contributed by atoms with van der Waals surface area (Å²) in [5, 5.41) is 0. The molecule has 108 valence electrons. The van der Waals surface area contributed by atoms with Crippen molar-refractivity contribution < 1.29 is 0 Å². The Kier molecular flexibility index (Phi) is 7.03. The van der Waals surface area contributed by atoms with Gasteiger partial charge < -0.3 is 5.73 Å². The van der Waals surface area contributed by atoms with Gasteiger partial charge in [-0.25, -0.2) is 0 Å². The normalized spacial score (nSPS) is 14.6. The molecule has 19 heavy (non-hydrogen) atoms. The maximum atomic E-state index is 6.02. The third-order valence-electron chi connectivity index (χ3n) is 4.10. The van der Waals surface area contributed by atoms with Crippen LogP contribution in [-0.4, -0.2) is 29.0 Å². The summed E-state index contributed by atoms with van der Waals surface area (Å²) in [6.45, 7) is 6.17. The van der Waals surface area contributed by atoms with E-state index < -0.39 is 0 Å². The Morgan fingerprint density at radius 2 is 1.89 bits per heavy atom. The molecule has 0 spiro atoms. The van der Waals surface area contributed by atoms with Crippen LogP contribution in [0.25, 0.3) is 0 Å². The van der Waals surface area contributed by atoms with Crippen molar-refractivity contribution in [1.82, 2.24) is 9.88 Å². The second kappa shape index (κ2) is 8.28. The summed E-state index contributed by atoms with van der Waals surface area (Å²) in [7, 11) is 2.17. The summed E-state index contributed by atoms with van der Waals surface area (Å²) < 4.78 is 0. The number of unbranched alkanes of at least 4 members (excludes halogenated alkanes) is 3. The van der Waals surface area contributed by atoms with Crippen LogP contribution in [0.3, 0.4) is 0 Å². The fraction of sp³-hybridized carbons (Fsp3) is 0.688. The molecule has 1 unspecified atom stereocenters. The third-order valence-corrected chi connectivity index (χ3v) is 4.10. The molecule has 0 saturated heterocycles. The summed E-state index contributed by atoms with van der Waals surface area (Å²) in [4.78, 5) is 6.45. The minimum absolute atomic E-state index is 0.0943. The van der Waals surface area contributed by atoms with Crippen molar-refractivity contribution in [3.63, 3.8) is 0 Å². The van der Waals surface area contributed by atoms with Gasteiger partial charge in [-0.15, -0.1) is 0 Å². The Morgan fingerprint density at radius 1 is 1.21 bits per heavy atom. The maximum Gasteiger partial charge on any atom is 0.0304 e. The quantitative estimate of drug-likeness (QED) is 0.696. The van der Waals surface area contributed by atoms with E-state index in [0.29, 0.717) is 6.54 Å². The predicted molar refractivity (Wildman–Crippen MR) is 81.9 cm³/mol. The number of nitrogens with two attached hydrogens (primary N) is 1. The van der Waals surface area contributed by atoms with E-state index in [2.05, 4.69) is 42.9 Å². The fourth-order valence-corrected chi connectivity index (χ4v) is 2.33. The van der Waals surface area contributed by atoms with Gasteiger partial charge in [-0.1, -0.05) is 32.6 Å². The molecule has 0 aliphatic heterocycles. The van der Waals surface area contributed by atoms with Gasteiger partial charge in [-0.2, -0.15) is 0 Å². The highest BCUT2D eigenvalue weighted by Crippen LogP contribution is 2.22. The molecule has 3 nitrogen and oxygen atoms in total. The lowest BCUT2D eigenvalue weighted by Crippen LogP contribution is -2.49. The van der Waals surface area contributed by atoms with Crippen molar-refractivity contribution >= 4 is 0 Å². The van der Waals surface area contributed by atoms with E-state index in [1.807, 2.05) is 12.4 Å². The van der Waals surface area contributed by atoms with Gasteiger partial charge in [-0.05, 0) is 38.1 Å². The van der Waals surface area contributed by atoms with Crippen LogP contribution < -0.4 is 5.73 Å². The van der Waals surface area contributed by atoms with Crippen LogP contribution in [0.5, 0.6) is 0 Å². The summed E-state index contributed by atoms with van der Waals surface area (Å²) in [6, 6.07) is 4.15. The minimum atomic E-state index is 0.0943. The van der Waals surface area contributed by atoms with Crippen LogP contribution in [0.4, 0.5) is 0 Å². The van der Waals surface area contributed by atoms with Crippen LogP contribution in [0, 0.1) is 0 Å². The number of likely N-dealkylation sites (N-methyl/N-ethyl adjacent to an activating group) is 1. The van der Waals surface area contributed by atoms with Crippen molar-refractivity contribution in [2.24, 2.45) is 5.73 Å². The zero-order valence-corrected chi connectivity index (χ0v) is 12.7. The molecule has 0 fully saturated rings. The Bertz CT molecular complexity index is 339. The number of hydrogen-bond acceptors (Lipinski definition) is 3. The predicted octanol–water partition coefficient (Wildman–Crippen LogP) is 3.20. The molecule has 1 aromatic heterocycles. The van der Waals surface area contributed by atoms with Gasteiger partial charge in [0.2, 0.25) is 0 Å². The fourth-order valence-electron chi connectivity index (χ4n) is 2.33. The Labute approximate surface area is 118 Å². The first kappa shape index (κ1) is 16.1. The van der Waals surface area contributed by atoms with Crippen LogP contribution in [0.2, 0.25) is 0 Å². The molecule has 1 heterocycles. The monoisotopic (exact) mass is 263 g/mol. The van der Waals surface area contributed by atoms with Crippen molar-refractivity contribution in [2.45, 2.75) is 58.0 Å². The number of nitrogens with zero attached hydrogens (tertiary/aromatic N) is 2. The number of aromatic nitrogens is 1. The molecule has 3 heteroatoms. The summed E-state index contributed by atoms with van der Waals surface area (Å²) in [6.07, 6.45) is 10.1. The van der Waals surface area contributed by atoms with E-state index in [4.69, 9.17) is 5.73 Å². The highest BCUT2D eigenvalue weighted by Gasteiger charge is 2.26. The Balaban J connectivity index is 2.51. The van der Waals surface area contributed by atoms with Crippen LogP contribution in [0.1, 0.15) is 51.5 Å². The smallest absolute Gasteiger partial charge is 0.0304 e. The molecular weight excluding hydrogens is 234 g/mol. The summed E-state index contributed by atoms with van der Waals surface area (Å²) >= 11 is 0. The Hall–Kier alpha value is -0.930. The van der Waals surface area contributed by atoms with Crippen LogP contribution in [-0.2, 0) is 6.54 Å². The molecule has 0 aliphatic carbocycles. The molecule has 1 aromatic rings. The zero-order valence-electron chi connectivity index (χ0n) is 12.7. The van der Waals surface area contributed by atoms with Gasteiger partial charge in [0, 0.05) is 31.0 Å². The molecule has 2 N–H and O–H groups in total. The van der Waals surface area contributed by atoms with E-state index in [1.54, 1.807) is 0 Å². The van der Waals surface area contributed by atoms with Crippen molar-refractivity contribution in [3.8, 4) is 0 Å². The standard InChI is InChI=1S/C16H29N3/c1-4-5-6-7-10-16(2,14-17)19(3)13-15-8-11-18-12-9-15/h8-9,11-12H,4-7,10,13-14,17H2,1-3H3. The minimum Gasteiger partial charge on any atom is -0.329 e. The second-order valence-electron chi connectivity index (χ2n) is 5.72. The Morgan fingerprint density at radius 3 is 2.47 bits per heavy atom.